The molecule has 3 rings (SSSR count). The zero-order valence-corrected chi connectivity index (χ0v) is 11.1. The third kappa shape index (κ3) is 1.57. The molecule has 1 unspecified atom stereocenters. The molecule has 0 aromatic heterocycles. The Hall–Kier alpha value is -0.540. The third-order valence-corrected chi connectivity index (χ3v) is 4.33. The lowest BCUT2D eigenvalue weighted by Crippen LogP contribution is -2.33. The monoisotopic (exact) mass is 281 g/mol. The highest BCUT2D eigenvalue weighted by Gasteiger charge is 2.31. The number of hydrogen-bond donors (Lipinski definition) is 1. The van der Waals surface area contributed by atoms with E-state index in [-0.39, 0.29) is 5.54 Å². The molecule has 0 amide bonds. The molecule has 86 valence electrons. The Morgan fingerprint density at radius 3 is 3.06 bits per heavy atom. The average Bonchev–Trinajstić information content (AvgIpc) is 2.86. The van der Waals surface area contributed by atoms with Gasteiger partial charge in [-0.15, -0.1) is 0 Å². The van der Waals surface area contributed by atoms with Crippen LogP contribution in [0.4, 0.5) is 0 Å². The fourth-order valence-electron chi connectivity index (χ4n) is 2.72. The normalized spacial score (nSPS) is 27.9. The standard InChI is InChI=1S/C13H16BrNO/c1-13(4-2-5-15-13)10-7-9-3-6-16-12(9)11(14)8-10/h7-8,15H,2-6H2,1H3. The van der Waals surface area contributed by atoms with Crippen LogP contribution in [0.15, 0.2) is 16.6 Å². The summed E-state index contributed by atoms with van der Waals surface area (Å²) < 4.78 is 6.72. The molecule has 0 radical (unpaired) electrons. The topological polar surface area (TPSA) is 21.3 Å². The Kier molecular flexibility index (Phi) is 2.48. The van der Waals surface area contributed by atoms with Gasteiger partial charge in [0.05, 0.1) is 11.1 Å². The van der Waals surface area contributed by atoms with Crippen LogP contribution in [0.25, 0.3) is 0 Å². The largest absolute Gasteiger partial charge is 0.492 e. The molecule has 0 spiro atoms. The van der Waals surface area contributed by atoms with Crippen molar-refractivity contribution in [2.24, 2.45) is 0 Å². The van der Waals surface area contributed by atoms with Gasteiger partial charge >= 0.3 is 0 Å². The van der Waals surface area contributed by atoms with Crippen LogP contribution in [-0.2, 0) is 12.0 Å². The van der Waals surface area contributed by atoms with E-state index >= 15 is 0 Å². The van der Waals surface area contributed by atoms with E-state index in [1.165, 1.54) is 24.0 Å². The van der Waals surface area contributed by atoms with Crippen LogP contribution < -0.4 is 10.1 Å². The summed E-state index contributed by atoms with van der Waals surface area (Å²) in [6, 6.07) is 4.52. The molecule has 2 aliphatic rings. The van der Waals surface area contributed by atoms with Crippen LogP contribution in [0.3, 0.4) is 0 Å². The fourth-order valence-corrected chi connectivity index (χ4v) is 3.34. The molecule has 1 N–H and O–H groups in total. The van der Waals surface area contributed by atoms with Gasteiger partial charge in [-0.05, 0) is 59.4 Å². The summed E-state index contributed by atoms with van der Waals surface area (Å²) >= 11 is 3.62. The minimum atomic E-state index is 0.153. The minimum Gasteiger partial charge on any atom is -0.492 e. The van der Waals surface area contributed by atoms with Crippen molar-refractivity contribution >= 4 is 15.9 Å². The first-order valence-electron chi connectivity index (χ1n) is 5.90. The molecule has 1 aromatic rings. The number of rotatable bonds is 1. The Morgan fingerprint density at radius 2 is 2.31 bits per heavy atom. The second kappa shape index (κ2) is 3.74. The molecule has 16 heavy (non-hydrogen) atoms. The van der Waals surface area contributed by atoms with Gasteiger partial charge in [0.25, 0.3) is 0 Å². The van der Waals surface area contributed by atoms with Gasteiger partial charge < -0.3 is 10.1 Å². The molecule has 1 fully saturated rings. The van der Waals surface area contributed by atoms with E-state index in [2.05, 4.69) is 40.3 Å². The Morgan fingerprint density at radius 1 is 1.44 bits per heavy atom. The number of nitrogens with one attached hydrogen (secondary N) is 1. The van der Waals surface area contributed by atoms with Crippen LogP contribution in [-0.4, -0.2) is 13.2 Å². The predicted octanol–water partition coefficient (Wildman–Crippen LogP) is 2.98. The third-order valence-electron chi connectivity index (χ3n) is 3.74. The maximum absolute atomic E-state index is 5.61. The fraction of sp³-hybridized carbons (Fsp3) is 0.538. The van der Waals surface area contributed by atoms with E-state index in [1.807, 2.05) is 0 Å². The highest BCUT2D eigenvalue weighted by molar-refractivity contribution is 9.10. The smallest absolute Gasteiger partial charge is 0.136 e. The average molecular weight is 282 g/mol. The first kappa shape index (κ1) is 10.6. The number of ether oxygens (including phenoxy) is 1. The van der Waals surface area contributed by atoms with Crippen LogP contribution in [0.5, 0.6) is 5.75 Å². The number of benzene rings is 1. The summed E-state index contributed by atoms with van der Waals surface area (Å²) in [6.07, 6.45) is 3.53. The van der Waals surface area contributed by atoms with Crippen LogP contribution in [0.2, 0.25) is 0 Å². The van der Waals surface area contributed by atoms with Crippen molar-refractivity contribution in [3.63, 3.8) is 0 Å². The van der Waals surface area contributed by atoms with Crippen molar-refractivity contribution < 1.29 is 4.74 Å². The Bertz CT molecular complexity index is 424. The molecule has 2 aliphatic heterocycles. The SMILES string of the molecule is CC1(c2cc(Br)c3c(c2)CCO3)CCCN1. The quantitative estimate of drug-likeness (QED) is 0.855. The van der Waals surface area contributed by atoms with Crippen LogP contribution >= 0.6 is 15.9 Å². The lowest BCUT2D eigenvalue weighted by atomic mass is 9.89. The maximum atomic E-state index is 5.61. The molecule has 0 saturated carbocycles. The van der Waals surface area contributed by atoms with E-state index < -0.39 is 0 Å². The number of fused-ring (bicyclic) bond motifs is 1. The summed E-state index contributed by atoms with van der Waals surface area (Å²) in [7, 11) is 0. The van der Waals surface area contributed by atoms with Crippen molar-refractivity contribution in [3.8, 4) is 5.75 Å². The highest BCUT2D eigenvalue weighted by atomic mass is 79.9. The first-order valence-corrected chi connectivity index (χ1v) is 6.69. The molecule has 3 heteroatoms. The van der Waals surface area contributed by atoms with E-state index in [1.54, 1.807) is 0 Å². The molecule has 2 heterocycles. The number of hydrogen-bond acceptors (Lipinski definition) is 2. The summed E-state index contributed by atoms with van der Waals surface area (Å²) in [5.74, 6) is 1.05. The van der Waals surface area contributed by atoms with Gasteiger partial charge in [-0.3, -0.25) is 0 Å². The van der Waals surface area contributed by atoms with Crippen LogP contribution in [0.1, 0.15) is 30.9 Å². The first-order chi connectivity index (χ1) is 7.69. The Balaban J connectivity index is 2.05. The van der Waals surface area contributed by atoms with Gasteiger partial charge in [0, 0.05) is 12.0 Å². The van der Waals surface area contributed by atoms with Crippen LogP contribution in [0, 0.1) is 0 Å². The van der Waals surface area contributed by atoms with Crippen molar-refractivity contribution in [1.82, 2.24) is 5.32 Å². The highest BCUT2D eigenvalue weighted by Crippen LogP contribution is 2.39. The van der Waals surface area contributed by atoms with Gasteiger partial charge in [-0.25, -0.2) is 0 Å². The molecular weight excluding hydrogens is 266 g/mol. The summed E-state index contributed by atoms with van der Waals surface area (Å²) in [5.41, 5.74) is 2.89. The van der Waals surface area contributed by atoms with Gasteiger partial charge in [0.15, 0.2) is 0 Å². The molecule has 1 saturated heterocycles. The molecule has 0 bridgehead atoms. The molecular formula is C13H16BrNO. The Labute approximate surface area is 105 Å². The lowest BCUT2D eigenvalue weighted by Gasteiger charge is -2.26. The van der Waals surface area contributed by atoms with Crippen molar-refractivity contribution in [3.05, 3.63) is 27.7 Å². The summed E-state index contributed by atoms with van der Waals surface area (Å²) in [5, 5.41) is 3.61. The lowest BCUT2D eigenvalue weighted by molar-refractivity contribution is 0.354. The maximum Gasteiger partial charge on any atom is 0.136 e. The van der Waals surface area contributed by atoms with Crippen molar-refractivity contribution in [1.29, 1.82) is 0 Å². The second-order valence-electron chi connectivity index (χ2n) is 4.91. The van der Waals surface area contributed by atoms with Crippen molar-refractivity contribution in [2.45, 2.75) is 31.7 Å². The van der Waals surface area contributed by atoms with Gasteiger partial charge in [0.1, 0.15) is 5.75 Å². The molecule has 1 aromatic carbocycles. The molecule has 2 nitrogen and oxygen atoms in total. The molecule has 0 aliphatic carbocycles. The zero-order valence-electron chi connectivity index (χ0n) is 9.48. The minimum absolute atomic E-state index is 0.153. The van der Waals surface area contributed by atoms with E-state index in [0.717, 1.165) is 29.8 Å². The predicted molar refractivity (Wildman–Crippen MR) is 67.9 cm³/mol. The number of halogens is 1. The van der Waals surface area contributed by atoms with Gasteiger partial charge in [-0.1, -0.05) is 6.07 Å². The zero-order chi connectivity index (χ0) is 11.2. The summed E-state index contributed by atoms with van der Waals surface area (Å²) in [6.45, 7) is 4.24. The van der Waals surface area contributed by atoms with E-state index in [0.29, 0.717) is 0 Å². The van der Waals surface area contributed by atoms with Gasteiger partial charge in [-0.2, -0.15) is 0 Å². The molecule has 1 atom stereocenters. The summed E-state index contributed by atoms with van der Waals surface area (Å²) in [4.78, 5) is 0. The van der Waals surface area contributed by atoms with Crippen molar-refractivity contribution in [2.75, 3.05) is 13.2 Å². The van der Waals surface area contributed by atoms with Gasteiger partial charge in [0.2, 0.25) is 0 Å². The van der Waals surface area contributed by atoms with E-state index in [9.17, 15) is 0 Å². The second-order valence-corrected chi connectivity index (χ2v) is 5.76. The van der Waals surface area contributed by atoms with E-state index in [4.69, 9.17) is 4.74 Å².